The van der Waals surface area contributed by atoms with Gasteiger partial charge in [0.1, 0.15) is 5.76 Å². The maximum Gasteiger partial charge on any atom is 0.333 e. The minimum atomic E-state index is -0.502. The summed E-state index contributed by atoms with van der Waals surface area (Å²) >= 11 is 0. The molecule has 0 fully saturated rings. The van der Waals surface area contributed by atoms with Gasteiger partial charge in [-0.1, -0.05) is 30.3 Å². The van der Waals surface area contributed by atoms with Crippen molar-refractivity contribution in [1.82, 2.24) is 9.13 Å². The largest absolute Gasteiger partial charge is 0.444 e. The summed E-state index contributed by atoms with van der Waals surface area (Å²) in [4.78, 5) is 37.8. The molecule has 0 spiro atoms. The Morgan fingerprint density at radius 2 is 1.72 bits per heavy atom. The van der Waals surface area contributed by atoms with Crippen molar-refractivity contribution in [1.29, 1.82) is 0 Å². The lowest BCUT2D eigenvalue weighted by atomic mass is 9.78. The number of benzene rings is 1. The topological polar surface area (TPSA) is 70.3 Å². The highest BCUT2D eigenvalue weighted by Gasteiger charge is 2.40. The zero-order chi connectivity index (χ0) is 17.7. The highest BCUT2D eigenvalue weighted by atomic mass is 16.5. The molecule has 2 aliphatic rings. The molecule has 1 unspecified atom stereocenters. The lowest BCUT2D eigenvalue weighted by molar-refractivity contribution is -0.116. The normalized spacial score (nSPS) is 19.3. The molecule has 0 saturated heterocycles. The van der Waals surface area contributed by atoms with Crippen LogP contribution in [0.25, 0.3) is 0 Å². The Morgan fingerprint density at radius 1 is 1.00 bits per heavy atom. The fraction of sp³-hybridized carbons (Fsp3) is 0.316. The van der Waals surface area contributed by atoms with E-state index in [2.05, 4.69) is 0 Å². The SMILES string of the molecule is Cn1c2c(c(=O)n(C)c1=O)C(c1ccccc1)C1=C(CCCC1=O)O2. The van der Waals surface area contributed by atoms with Gasteiger partial charge in [0.05, 0.1) is 11.5 Å². The number of aromatic nitrogens is 2. The minimum Gasteiger partial charge on any atom is -0.444 e. The van der Waals surface area contributed by atoms with Gasteiger partial charge in [-0.2, -0.15) is 0 Å². The maximum absolute atomic E-state index is 12.9. The van der Waals surface area contributed by atoms with Crippen molar-refractivity contribution >= 4 is 5.78 Å². The second kappa shape index (κ2) is 5.58. The lowest BCUT2D eigenvalue weighted by Gasteiger charge is -2.33. The quantitative estimate of drug-likeness (QED) is 0.792. The third-order valence-corrected chi connectivity index (χ3v) is 4.98. The van der Waals surface area contributed by atoms with E-state index in [0.717, 1.165) is 10.1 Å². The van der Waals surface area contributed by atoms with Gasteiger partial charge in [0, 0.05) is 32.5 Å². The Bertz CT molecular complexity index is 1030. The zero-order valence-corrected chi connectivity index (χ0v) is 14.1. The van der Waals surface area contributed by atoms with Crippen LogP contribution in [0.2, 0.25) is 0 Å². The van der Waals surface area contributed by atoms with Crippen LogP contribution in [0.1, 0.15) is 36.3 Å². The number of nitrogens with zero attached hydrogens (tertiary/aromatic N) is 2. The Morgan fingerprint density at radius 3 is 2.44 bits per heavy atom. The number of ketones is 1. The molecule has 1 atom stereocenters. The molecule has 0 amide bonds. The van der Waals surface area contributed by atoms with Gasteiger partial charge in [0.15, 0.2) is 5.78 Å². The molecular formula is C19H18N2O4. The second-order valence-electron chi connectivity index (χ2n) is 6.48. The van der Waals surface area contributed by atoms with Crippen LogP contribution >= 0.6 is 0 Å². The van der Waals surface area contributed by atoms with E-state index in [1.165, 1.54) is 11.6 Å². The number of hydrogen-bond donors (Lipinski definition) is 0. The average molecular weight is 338 g/mol. The van der Waals surface area contributed by atoms with Crippen molar-refractivity contribution < 1.29 is 9.53 Å². The summed E-state index contributed by atoms with van der Waals surface area (Å²) in [6.45, 7) is 0. The fourth-order valence-electron chi connectivity index (χ4n) is 3.72. The second-order valence-corrected chi connectivity index (χ2v) is 6.48. The van der Waals surface area contributed by atoms with Crippen molar-refractivity contribution in [3.8, 4) is 5.88 Å². The van der Waals surface area contributed by atoms with Crippen LogP contribution in [0.5, 0.6) is 5.88 Å². The Labute approximate surface area is 144 Å². The first-order chi connectivity index (χ1) is 12.0. The van der Waals surface area contributed by atoms with E-state index in [9.17, 15) is 14.4 Å². The van der Waals surface area contributed by atoms with Crippen LogP contribution in [0.15, 0.2) is 51.3 Å². The van der Waals surface area contributed by atoms with E-state index in [0.29, 0.717) is 36.2 Å². The molecule has 1 aliphatic carbocycles. The number of rotatable bonds is 1. The number of Topliss-reactive ketones (excluding diaryl/α,β-unsaturated/α-hetero) is 1. The number of carbonyl (C=O) groups is 1. The Hall–Kier alpha value is -2.89. The summed E-state index contributed by atoms with van der Waals surface area (Å²) in [6, 6.07) is 9.45. The molecule has 6 heteroatoms. The average Bonchev–Trinajstić information content (AvgIpc) is 2.64. The highest BCUT2D eigenvalue weighted by Crippen LogP contribution is 2.44. The third kappa shape index (κ3) is 2.21. The van der Waals surface area contributed by atoms with Gasteiger partial charge in [-0.05, 0) is 12.0 Å². The van der Waals surface area contributed by atoms with Gasteiger partial charge in [0.2, 0.25) is 5.88 Å². The van der Waals surface area contributed by atoms with Gasteiger partial charge in [-0.3, -0.25) is 18.7 Å². The van der Waals surface area contributed by atoms with E-state index < -0.39 is 17.2 Å². The van der Waals surface area contributed by atoms with Crippen molar-refractivity contribution in [2.75, 3.05) is 0 Å². The first kappa shape index (κ1) is 15.6. The third-order valence-electron chi connectivity index (χ3n) is 4.98. The molecule has 0 radical (unpaired) electrons. The predicted molar refractivity (Wildman–Crippen MR) is 91.7 cm³/mol. The van der Waals surface area contributed by atoms with Crippen LogP contribution < -0.4 is 16.0 Å². The van der Waals surface area contributed by atoms with E-state index in [1.807, 2.05) is 30.3 Å². The molecule has 2 aromatic rings. The van der Waals surface area contributed by atoms with Crippen molar-refractivity contribution in [2.24, 2.45) is 14.1 Å². The first-order valence-electron chi connectivity index (χ1n) is 8.29. The van der Waals surface area contributed by atoms with Crippen LogP contribution in [0.4, 0.5) is 0 Å². The van der Waals surface area contributed by atoms with Gasteiger partial charge in [-0.15, -0.1) is 0 Å². The molecule has 4 rings (SSSR count). The van der Waals surface area contributed by atoms with Crippen LogP contribution in [-0.2, 0) is 18.9 Å². The first-order valence-corrected chi connectivity index (χ1v) is 8.29. The number of ether oxygens (including phenoxy) is 1. The molecule has 25 heavy (non-hydrogen) atoms. The van der Waals surface area contributed by atoms with E-state index >= 15 is 0 Å². The molecule has 1 aliphatic heterocycles. The lowest BCUT2D eigenvalue weighted by Crippen LogP contribution is -2.43. The smallest absolute Gasteiger partial charge is 0.333 e. The molecular weight excluding hydrogens is 320 g/mol. The number of hydrogen-bond acceptors (Lipinski definition) is 4. The summed E-state index contributed by atoms with van der Waals surface area (Å²) in [7, 11) is 3.03. The van der Waals surface area contributed by atoms with Gasteiger partial charge >= 0.3 is 5.69 Å². The van der Waals surface area contributed by atoms with Crippen LogP contribution in [-0.4, -0.2) is 14.9 Å². The number of allylic oxidation sites excluding steroid dienone is 2. The molecule has 1 aromatic carbocycles. The van der Waals surface area contributed by atoms with E-state index in [1.54, 1.807) is 7.05 Å². The van der Waals surface area contributed by atoms with Gasteiger partial charge in [0.25, 0.3) is 5.56 Å². The summed E-state index contributed by atoms with van der Waals surface area (Å²) in [6.07, 6.45) is 1.80. The van der Waals surface area contributed by atoms with Crippen molar-refractivity contribution in [2.45, 2.75) is 25.2 Å². The summed E-state index contributed by atoms with van der Waals surface area (Å²) in [5.41, 5.74) is 0.898. The highest BCUT2D eigenvalue weighted by molar-refractivity contribution is 5.99. The molecule has 0 bridgehead atoms. The van der Waals surface area contributed by atoms with Crippen LogP contribution in [0, 0.1) is 0 Å². The fourth-order valence-corrected chi connectivity index (χ4v) is 3.72. The molecule has 2 heterocycles. The van der Waals surface area contributed by atoms with E-state index in [4.69, 9.17) is 4.74 Å². The van der Waals surface area contributed by atoms with E-state index in [-0.39, 0.29) is 11.7 Å². The molecule has 6 nitrogen and oxygen atoms in total. The standard InChI is InChI=1S/C19H18N2O4/c1-20-17(23)16-14(11-7-4-3-5-8-11)15-12(22)9-6-10-13(15)25-18(16)21(2)19(20)24/h3-5,7-8,14H,6,9-10H2,1-2H3. The number of carbonyl (C=O) groups excluding carboxylic acids is 1. The Balaban J connectivity index is 2.10. The summed E-state index contributed by atoms with van der Waals surface area (Å²) in [5, 5.41) is 0. The minimum absolute atomic E-state index is 0.0108. The molecule has 0 N–H and O–H groups in total. The van der Waals surface area contributed by atoms with Crippen molar-refractivity contribution in [3.63, 3.8) is 0 Å². The number of fused-ring (bicyclic) bond motifs is 1. The molecule has 128 valence electrons. The molecule has 0 saturated carbocycles. The Kier molecular flexibility index (Phi) is 3.49. The van der Waals surface area contributed by atoms with Gasteiger partial charge in [-0.25, -0.2) is 4.79 Å². The molecule has 1 aromatic heterocycles. The summed E-state index contributed by atoms with van der Waals surface area (Å²) in [5.74, 6) is 0.339. The maximum atomic E-state index is 12.9. The van der Waals surface area contributed by atoms with Crippen molar-refractivity contribution in [3.05, 3.63) is 73.6 Å². The zero-order valence-electron chi connectivity index (χ0n) is 14.1. The monoisotopic (exact) mass is 338 g/mol. The summed E-state index contributed by atoms with van der Waals surface area (Å²) < 4.78 is 8.32. The van der Waals surface area contributed by atoms with Gasteiger partial charge < -0.3 is 4.74 Å². The predicted octanol–water partition coefficient (Wildman–Crippen LogP) is 1.62. The van der Waals surface area contributed by atoms with Crippen LogP contribution in [0.3, 0.4) is 0 Å².